The van der Waals surface area contributed by atoms with E-state index in [2.05, 4.69) is 5.32 Å². The second kappa shape index (κ2) is 10.2. The maximum atomic E-state index is 12.4. The molecule has 2 aromatic rings. The zero-order valence-corrected chi connectivity index (χ0v) is 16.7. The largest absolute Gasteiger partial charge is 0.497 e. The molecule has 0 aliphatic carbocycles. The van der Waals surface area contributed by atoms with Crippen LogP contribution < -0.4 is 19.5 Å². The summed E-state index contributed by atoms with van der Waals surface area (Å²) >= 11 is 0. The number of anilines is 1. The summed E-state index contributed by atoms with van der Waals surface area (Å²) in [6.45, 7) is 1.83. The highest BCUT2D eigenvalue weighted by molar-refractivity contribution is 5.95. The Hall–Kier alpha value is -3.22. The van der Waals surface area contributed by atoms with Gasteiger partial charge in [-0.1, -0.05) is 12.1 Å². The van der Waals surface area contributed by atoms with Crippen LogP contribution in [0.5, 0.6) is 17.2 Å². The van der Waals surface area contributed by atoms with Crippen LogP contribution in [0.3, 0.4) is 0 Å². The zero-order chi connectivity index (χ0) is 20.5. The van der Waals surface area contributed by atoms with E-state index in [1.54, 1.807) is 32.4 Å². The minimum atomic E-state index is -0.302. The molecule has 2 amide bonds. The van der Waals surface area contributed by atoms with Gasteiger partial charge in [0.1, 0.15) is 17.2 Å². The number of nitrogens with zero attached hydrogens (tertiary/aromatic N) is 1. The lowest BCUT2D eigenvalue weighted by molar-refractivity contribution is -0.132. The van der Waals surface area contributed by atoms with Gasteiger partial charge in [0.25, 0.3) is 0 Å². The molecule has 0 radical (unpaired) electrons. The van der Waals surface area contributed by atoms with Gasteiger partial charge in [-0.15, -0.1) is 0 Å². The number of methoxy groups -OCH3 is 3. The van der Waals surface area contributed by atoms with Crippen molar-refractivity contribution >= 4 is 17.5 Å². The van der Waals surface area contributed by atoms with Crippen molar-refractivity contribution in [2.75, 3.05) is 39.7 Å². The van der Waals surface area contributed by atoms with Gasteiger partial charge in [0.2, 0.25) is 11.8 Å². The predicted octanol–water partition coefficient (Wildman–Crippen LogP) is 2.74. The first-order valence-electron chi connectivity index (χ1n) is 8.87. The molecule has 7 nitrogen and oxygen atoms in total. The number of amides is 2. The van der Waals surface area contributed by atoms with Crippen LogP contribution in [0, 0.1) is 0 Å². The van der Waals surface area contributed by atoms with Crippen molar-refractivity contribution in [2.45, 2.75) is 13.3 Å². The molecule has 2 rings (SSSR count). The Morgan fingerprint density at radius 3 is 2.32 bits per heavy atom. The summed E-state index contributed by atoms with van der Waals surface area (Å²) in [5.74, 6) is 1.40. The molecule has 0 aromatic heterocycles. The normalized spacial score (nSPS) is 10.1. The number of carbonyl (C=O) groups is 2. The molecule has 150 valence electrons. The number of benzene rings is 2. The maximum absolute atomic E-state index is 12.4. The van der Waals surface area contributed by atoms with E-state index in [9.17, 15) is 9.59 Å². The molecule has 0 spiro atoms. The van der Waals surface area contributed by atoms with Gasteiger partial charge in [0.05, 0.1) is 33.6 Å². The maximum Gasteiger partial charge on any atom is 0.244 e. The monoisotopic (exact) mass is 386 g/mol. The van der Waals surface area contributed by atoms with E-state index < -0.39 is 0 Å². The zero-order valence-electron chi connectivity index (χ0n) is 16.7. The average Bonchev–Trinajstić information content (AvgIpc) is 2.71. The quantitative estimate of drug-likeness (QED) is 0.717. The fraction of sp³-hybridized carbons (Fsp3) is 0.333. The van der Waals surface area contributed by atoms with Crippen molar-refractivity contribution in [3.63, 3.8) is 0 Å². The van der Waals surface area contributed by atoms with Gasteiger partial charge in [-0.05, 0) is 36.2 Å². The van der Waals surface area contributed by atoms with E-state index in [1.807, 2.05) is 24.3 Å². The van der Waals surface area contributed by atoms with Crippen LogP contribution in [0.25, 0.3) is 0 Å². The minimum absolute atomic E-state index is 0.0471. The number of hydrogen-bond donors (Lipinski definition) is 1. The van der Waals surface area contributed by atoms with Gasteiger partial charge in [0.15, 0.2) is 0 Å². The summed E-state index contributed by atoms with van der Waals surface area (Å²) < 4.78 is 15.6. The molecule has 2 aromatic carbocycles. The molecule has 0 aliphatic rings. The second-order valence-electron chi connectivity index (χ2n) is 6.16. The highest BCUT2D eigenvalue weighted by Gasteiger charge is 2.15. The highest BCUT2D eigenvalue weighted by Crippen LogP contribution is 2.28. The molecule has 0 saturated heterocycles. The van der Waals surface area contributed by atoms with Crippen molar-refractivity contribution in [1.82, 2.24) is 4.90 Å². The third kappa shape index (κ3) is 5.90. The van der Waals surface area contributed by atoms with Gasteiger partial charge in [-0.2, -0.15) is 0 Å². The summed E-state index contributed by atoms with van der Waals surface area (Å²) in [6, 6.07) is 12.7. The Labute approximate surface area is 165 Å². The molecule has 1 N–H and O–H groups in total. The molecule has 28 heavy (non-hydrogen) atoms. The average molecular weight is 386 g/mol. The predicted molar refractivity (Wildman–Crippen MR) is 107 cm³/mol. The van der Waals surface area contributed by atoms with Crippen molar-refractivity contribution < 1.29 is 23.8 Å². The number of carbonyl (C=O) groups excluding carboxylic acids is 2. The van der Waals surface area contributed by atoms with E-state index in [4.69, 9.17) is 14.2 Å². The molecule has 0 aliphatic heterocycles. The van der Waals surface area contributed by atoms with E-state index in [0.29, 0.717) is 30.2 Å². The van der Waals surface area contributed by atoms with E-state index >= 15 is 0 Å². The van der Waals surface area contributed by atoms with Crippen molar-refractivity contribution in [1.29, 1.82) is 0 Å². The standard InChI is InChI=1S/C21H26N2O5/c1-15(24)23(11-10-16-6-5-7-17(12-16)26-2)14-21(25)22-19-9-8-18(27-3)13-20(19)28-4/h5-9,12-13H,10-11,14H2,1-4H3,(H,22,25). The topological polar surface area (TPSA) is 77.1 Å². The van der Waals surface area contributed by atoms with Crippen LogP contribution in [-0.4, -0.2) is 51.1 Å². The molecular weight excluding hydrogens is 360 g/mol. The van der Waals surface area contributed by atoms with Crippen molar-refractivity contribution in [3.8, 4) is 17.2 Å². The molecule has 0 saturated carbocycles. The van der Waals surface area contributed by atoms with Gasteiger partial charge in [-0.25, -0.2) is 0 Å². The Morgan fingerprint density at radius 2 is 1.68 bits per heavy atom. The number of rotatable bonds is 9. The summed E-state index contributed by atoms with van der Waals surface area (Å²) in [6.07, 6.45) is 0.621. The first kappa shape index (κ1) is 21.1. The Morgan fingerprint density at radius 1 is 0.964 bits per heavy atom. The van der Waals surface area contributed by atoms with Crippen molar-refractivity contribution in [2.24, 2.45) is 0 Å². The van der Waals surface area contributed by atoms with Crippen LogP contribution in [0.15, 0.2) is 42.5 Å². The van der Waals surface area contributed by atoms with Gasteiger partial charge >= 0.3 is 0 Å². The second-order valence-corrected chi connectivity index (χ2v) is 6.16. The third-order valence-electron chi connectivity index (χ3n) is 4.27. The molecule has 0 heterocycles. The smallest absolute Gasteiger partial charge is 0.244 e. The molecule has 7 heteroatoms. The van der Waals surface area contributed by atoms with Gasteiger partial charge in [-0.3, -0.25) is 9.59 Å². The first-order chi connectivity index (χ1) is 13.5. The van der Waals surface area contributed by atoms with Crippen LogP contribution in [-0.2, 0) is 16.0 Å². The van der Waals surface area contributed by atoms with Crippen LogP contribution in [0.1, 0.15) is 12.5 Å². The summed E-state index contributed by atoms with van der Waals surface area (Å²) in [7, 11) is 4.68. The molecular formula is C21H26N2O5. The van der Waals surface area contributed by atoms with Crippen LogP contribution >= 0.6 is 0 Å². The lowest BCUT2D eigenvalue weighted by Crippen LogP contribution is -2.38. The Kier molecular flexibility index (Phi) is 7.68. The summed E-state index contributed by atoms with van der Waals surface area (Å²) in [5.41, 5.74) is 1.55. The van der Waals surface area contributed by atoms with E-state index in [1.165, 1.54) is 18.9 Å². The summed E-state index contributed by atoms with van der Waals surface area (Å²) in [4.78, 5) is 25.9. The molecule has 0 bridgehead atoms. The summed E-state index contributed by atoms with van der Waals surface area (Å²) in [5, 5.41) is 2.78. The third-order valence-corrected chi connectivity index (χ3v) is 4.27. The van der Waals surface area contributed by atoms with Crippen molar-refractivity contribution in [3.05, 3.63) is 48.0 Å². The molecule has 0 atom stereocenters. The minimum Gasteiger partial charge on any atom is -0.497 e. The van der Waals surface area contributed by atoms with E-state index in [0.717, 1.165) is 11.3 Å². The SMILES string of the molecule is COc1cccc(CCN(CC(=O)Nc2ccc(OC)cc2OC)C(C)=O)c1. The number of hydrogen-bond acceptors (Lipinski definition) is 5. The first-order valence-corrected chi connectivity index (χ1v) is 8.87. The van der Waals surface area contributed by atoms with Crippen LogP contribution in [0.2, 0.25) is 0 Å². The fourth-order valence-corrected chi connectivity index (χ4v) is 2.70. The number of ether oxygens (including phenoxy) is 3. The highest BCUT2D eigenvalue weighted by atomic mass is 16.5. The lowest BCUT2D eigenvalue weighted by atomic mass is 10.1. The molecule has 0 unspecified atom stereocenters. The molecule has 0 fully saturated rings. The fourth-order valence-electron chi connectivity index (χ4n) is 2.70. The van der Waals surface area contributed by atoms with Crippen LogP contribution in [0.4, 0.5) is 5.69 Å². The number of nitrogens with one attached hydrogen (secondary N) is 1. The van der Waals surface area contributed by atoms with Gasteiger partial charge in [0, 0.05) is 19.5 Å². The van der Waals surface area contributed by atoms with Gasteiger partial charge < -0.3 is 24.4 Å². The lowest BCUT2D eigenvalue weighted by Gasteiger charge is -2.21. The Balaban J connectivity index is 1.99. The van der Waals surface area contributed by atoms with E-state index in [-0.39, 0.29) is 18.4 Å². The Bertz CT molecular complexity index is 822.